The van der Waals surface area contributed by atoms with Crippen LogP contribution in [0, 0.1) is 5.41 Å². The van der Waals surface area contributed by atoms with Crippen LogP contribution in [0.4, 0.5) is 4.79 Å². The quantitative estimate of drug-likeness (QED) is 0.767. The van der Waals surface area contributed by atoms with Gasteiger partial charge >= 0.3 is 6.03 Å². The number of aromatic nitrogens is 2. The van der Waals surface area contributed by atoms with Gasteiger partial charge in [-0.15, -0.1) is 0 Å². The molecule has 2 atom stereocenters. The van der Waals surface area contributed by atoms with E-state index >= 15 is 0 Å². The zero-order chi connectivity index (χ0) is 15.3. The molecule has 0 saturated heterocycles. The summed E-state index contributed by atoms with van der Waals surface area (Å²) in [6.45, 7) is 8.09. The van der Waals surface area contributed by atoms with Gasteiger partial charge < -0.3 is 15.7 Å². The van der Waals surface area contributed by atoms with Crippen molar-refractivity contribution in [3.8, 4) is 0 Å². The zero-order valence-electron chi connectivity index (χ0n) is 13.0. The lowest BCUT2D eigenvalue weighted by Crippen LogP contribution is -2.48. The van der Waals surface area contributed by atoms with Gasteiger partial charge in [0.2, 0.25) is 0 Å². The van der Waals surface area contributed by atoms with E-state index < -0.39 is 0 Å². The molecule has 6 heteroatoms. The molecule has 1 rings (SSSR count). The van der Waals surface area contributed by atoms with Gasteiger partial charge in [0.15, 0.2) is 0 Å². The minimum atomic E-state index is -0.227. The van der Waals surface area contributed by atoms with Crippen LogP contribution in [0.1, 0.15) is 45.7 Å². The van der Waals surface area contributed by atoms with Gasteiger partial charge in [-0.3, -0.25) is 4.68 Å². The molecular formula is C14H26N4O2. The van der Waals surface area contributed by atoms with Gasteiger partial charge in [-0.1, -0.05) is 20.8 Å². The number of aliphatic hydroxyl groups is 1. The Kier molecular flexibility index (Phi) is 5.56. The second-order valence-electron chi connectivity index (χ2n) is 6.22. The summed E-state index contributed by atoms with van der Waals surface area (Å²) in [5.74, 6) is 0. The number of rotatable bonds is 5. The predicted molar refractivity (Wildman–Crippen MR) is 78.2 cm³/mol. The third kappa shape index (κ3) is 4.85. The molecule has 0 aliphatic heterocycles. The van der Waals surface area contributed by atoms with Crippen LogP contribution in [0.5, 0.6) is 0 Å². The Morgan fingerprint density at radius 1 is 1.45 bits per heavy atom. The molecule has 114 valence electrons. The van der Waals surface area contributed by atoms with Crippen molar-refractivity contribution in [3.05, 3.63) is 18.0 Å². The van der Waals surface area contributed by atoms with Gasteiger partial charge in [0.05, 0.1) is 12.2 Å². The van der Waals surface area contributed by atoms with E-state index in [1.807, 2.05) is 40.9 Å². The molecule has 0 saturated carbocycles. The van der Waals surface area contributed by atoms with Crippen molar-refractivity contribution in [2.75, 3.05) is 6.61 Å². The van der Waals surface area contributed by atoms with Crippen LogP contribution in [0.2, 0.25) is 0 Å². The lowest BCUT2D eigenvalue weighted by molar-refractivity contribution is 0.188. The Hall–Kier alpha value is -1.56. The van der Waals surface area contributed by atoms with E-state index in [0.717, 1.165) is 5.56 Å². The second-order valence-corrected chi connectivity index (χ2v) is 6.22. The molecule has 6 nitrogen and oxygen atoms in total. The molecule has 1 aromatic rings. The lowest BCUT2D eigenvalue weighted by atomic mass is 9.85. The van der Waals surface area contributed by atoms with Crippen LogP contribution in [-0.4, -0.2) is 33.6 Å². The third-order valence-electron chi connectivity index (χ3n) is 3.34. The van der Waals surface area contributed by atoms with Crippen molar-refractivity contribution < 1.29 is 9.90 Å². The Balaban J connectivity index is 2.57. The number of amides is 2. The van der Waals surface area contributed by atoms with Crippen LogP contribution in [0.15, 0.2) is 12.4 Å². The van der Waals surface area contributed by atoms with E-state index in [-0.39, 0.29) is 30.1 Å². The van der Waals surface area contributed by atoms with Gasteiger partial charge in [0, 0.05) is 31.5 Å². The smallest absolute Gasteiger partial charge is 0.315 e. The first-order valence-corrected chi connectivity index (χ1v) is 6.90. The molecule has 0 aliphatic rings. The lowest BCUT2D eigenvalue weighted by Gasteiger charge is -2.31. The molecule has 1 heterocycles. The van der Waals surface area contributed by atoms with Crippen LogP contribution < -0.4 is 10.6 Å². The van der Waals surface area contributed by atoms with Crippen molar-refractivity contribution in [1.29, 1.82) is 0 Å². The van der Waals surface area contributed by atoms with Crippen molar-refractivity contribution in [2.45, 2.75) is 46.2 Å². The van der Waals surface area contributed by atoms with Crippen LogP contribution in [0.25, 0.3) is 0 Å². The summed E-state index contributed by atoms with van der Waals surface area (Å²) in [6.07, 6.45) is 4.15. The van der Waals surface area contributed by atoms with Crippen molar-refractivity contribution in [2.24, 2.45) is 12.5 Å². The fourth-order valence-corrected chi connectivity index (χ4v) is 1.99. The maximum absolute atomic E-state index is 12.0. The molecule has 0 aromatic carbocycles. The third-order valence-corrected chi connectivity index (χ3v) is 3.34. The highest BCUT2D eigenvalue weighted by Crippen LogP contribution is 2.21. The van der Waals surface area contributed by atoms with E-state index in [9.17, 15) is 4.79 Å². The van der Waals surface area contributed by atoms with E-state index in [2.05, 4.69) is 15.7 Å². The molecule has 1 aromatic heterocycles. The van der Waals surface area contributed by atoms with Crippen molar-refractivity contribution >= 4 is 6.03 Å². The summed E-state index contributed by atoms with van der Waals surface area (Å²) in [7, 11) is 1.84. The number of hydrogen-bond acceptors (Lipinski definition) is 3. The summed E-state index contributed by atoms with van der Waals surface area (Å²) in [6, 6.07) is -0.415. The average Bonchev–Trinajstić information content (AvgIpc) is 2.74. The second kappa shape index (κ2) is 6.74. The monoisotopic (exact) mass is 282 g/mol. The highest BCUT2D eigenvalue weighted by Gasteiger charge is 2.26. The summed E-state index contributed by atoms with van der Waals surface area (Å²) in [4.78, 5) is 12.0. The van der Waals surface area contributed by atoms with E-state index in [1.54, 1.807) is 10.9 Å². The van der Waals surface area contributed by atoms with Gasteiger partial charge in [-0.2, -0.15) is 5.10 Å². The Labute approximate surface area is 120 Å². The SMILES string of the molecule is C[C@H](NC(=O)N[C@@H](CCO)C(C)(C)C)c1cnn(C)c1. The van der Waals surface area contributed by atoms with Crippen LogP contribution in [-0.2, 0) is 7.05 Å². The molecule has 0 aliphatic carbocycles. The minimum Gasteiger partial charge on any atom is -0.396 e. The first-order chi connectivity index (χ1) is 9.24. The molecule has 0 radical (unpaired) electrons. The number of carbonyl (C=O) groups is 1. The molecule has 3 N–H and O–H groups in total. The van der Waals surface area contributed by atoms with Crippen molar-refractivity contribution in [1.82, 2.24) is 20.4 Å². The summed E-state index contributed by atoms with van der Waals surface area (Å²) in [5.41, 5.74) is 0.856. The van der Waals surface area contributed by atoms with Gasteiger partial charge in [-0.05, 0) is 18.8 Å². The average molecular weight is 282 g/mol. The zero-order valence-corrected chi connectivity index (χ0v) is 13.0. The van der Waals surface area contributed by atoms with Gasteiger partial charge in [0.25, 0.3) is 0 Å². The largest absolute Gasteiger partial charge is 0.396 e. The summed E-state index contributed by atoms with van der Waals surface area (Å²) >= 11 is 0. The summed E-state index contributed by atoms with van der Waals surface area (Å²) < 4.78 is 1.70. The van der Waals surface area contributed by atoms with E-state index in [0.29, 0.717) is 6.42 Å². The Morgan fingerprint density at radius 2 is 2.10 bits per heavy atom. The molecular weight excluding hydrogens is 256 g/mol. The summed E-state index contributed by atoms with van der Waals surface area (Å²) in [5, 5.41) is 19.0. The number of urea groups is 1. The topological polar surface area (TPSA) is 79.2 Å². The van der Waals surface area contributed by atoms with E-state index in [1.165, 1.54) is 0 Å². The van der Waals surface area contributed by atoms with Gasteiger partial charge in [-0.25, -0.2) is 4.79 Å². The number of nitrogens with zero attached hydrogens (tertiary/aromatic N) is 2. The number of aryl methyl sites for hydroxylation is 1. The fourth-order valence-electron chi connectivity index (χ4n) is 1.99. The molecule has 0 bridgehead atoms. The molecule has 20 heavy (non-hydrogen) atoms. The number of aliphatic hydroxyl groups excluding tert-OH is 1. The highest BCUT2D eigenvalue weighted by atomic mass is 16.3. The molecule has 0 unspecified atom stereocenters. The fraction of sp³-hybridized carbons (Fsp3) is 0.714. The van der Waals surface area contributed by atoms with Crippen LogP contribution in [0.3, 0.4) is 0 Å². The standard InChI is InChI=1S/C14H26N4O2/c1-10(11-8-15-18(5)9-11)16-13(20)17-12(6-7-19)14(2,3)4/h8-10,12,19H,6-7H2,1-5H3,(H2,16,17,20)/t10-,12-/m0/s1. The van der Waals surface area contributed by atoms with Gasteiger partial charge in [0.1, 0.15) is 0 Å². The minimum absolute atomic E-state index is 0.0559. The number of hydrogen-bond donors (Lipinski definition) is 3. The predicted octanol–water partition coefficient (Wildman–Crippen LogP) is 1.58. The van der Waals surface area contributed by atoms with Crippen LogP contribution >= 0.6 is 0 Å². The normalized spacial score (nSPS) is 14.7. The first-order valence-electron chi connectivity index (χ1n) is 6.90. The molecule has 0 fully saturated rings. The highest BCUT2D eigenvalue weighted by molar-refractivity contribution is 5.74. The first kappa shape index (κ1) is 16.5. The number of nitrogens with one attached hydrogen (secondary N) is 2. The Bertz CT molecular complexity index is 437. The number of carbonyl (C=O) groups excluding carboxylic acids is 1. The van der Waals surface area contributed by atoms with E-state index in [4.69, 9.17) is 5.11 Å². The molecule has 2 amide bonds. The maximum Gasteiger partial charge on any atom is 0.315 e. The Morgan fingerprint density at radius 3 is 2.55 bits per heavy atom. The maximum atomic E-state index is 12.0. The van der Waals surface area contributed by atoms with Crippen molar-refractivity contribution in [3.63, 3.8) is 0 Å². The molecule has 0 spiro atoms.